The van der Waals surface area contributed by atoms with Crippen LogP contribution in [0.2, 0.25) is 0 Å². The molecule has 0 aliphatic carbocycles. The van der Waals surface area contributed by atoms with Gasteiger partial charge < -0.3 is 15.2 Å². The minimum Gasteiger partial charge on any atom is -0.485 e. The smallest absolute Gasteiger partial charge is 0.145 e. The first-order chi connectivity index (χ1) is 8.61. The zero-order chi connectivity index (χ0) is 14.4. The van der Waals surface area contributed by atoms with Crippen molar-refractivity contribution in [2.45, 2.75) is 51.4 Å². The van der Waals surface area contributed by atoms with Gasteiger partial charge in [-0.25, -0.2) is 4.39 Å². The third-order valence-corrected chi connectivity index (χ3v) is 3.92. The van der Waals surface area contributed by atoms with Crippen molar-refractivity contribution in [1.82, 2.24) is 0 Å². The molecule has 2 rings (SSSR count). The Hall–Kier alpha value is -0.810. The molecule has 5 heteroatoms. The minimum atomic E-state index is -0.431. The Morgan fingerprint density at radius 2 is 2.00 bits per heavy atom. The highest BCUT2D eigenvalue weighted by atomic mass is 79.9. The molecular weight excluding hydrogens is 313 g/mol. The monoisotopic (exact) mass is 331 g/mol. The fourth-order valence-electron chi connectivity index (χ4n) is 2.49. The predicted molar refractivity (Wildman–Crippen MR) is 76.8 cm³/mol. The maximum atomic E-state index is 13.6. The molecule has 0 bridgehead atoms. The molecule has 1 fully saturated rings. The Morgan fingerprint density at radius 1 is 1.37 bits per heavy atom. The Morgan fingerprint density at radius 3 is 2.53 bits per heavy atom. The van der Waals surface area contributed by atoms with Crippen molar-refractivity contribution >= 4 is 21.6 Å². The fraction of sp³-hybridized carbons (Fsp3) is 0.571. The number of benzene rings is 1. The van der Waals surface area contributed by atoms with Gasteiger partial charge >= 0.3 is 0 Å². The highest BCUT2D eigenvalue weighted by Crippen LogP contribution is 2.41. The Labute approximate surface area is 121 Å². The van der Waals surface area contributed by atoms with E-state index in [1.54, 1.807) is 0 Å². The Bertz CT molecular complexity index is 502. The second-order valence-electron chi connectivity index (χ2n) is 6.08. The lowest BCUT2D eigenvalue weighted by Crippen LogP contribution is -2.36. The lowest BCUT2D eigenvalue weighted by atomic mass is 9.97. The van der Waals surface area contributed by atoms with Crippen LogP contribution in [0.3, 0.4) is 0 Å². The van der Waals surface area contributed by atoms with Gasteiger partial charge in [0.1, 0.15) is 23.3 Å². The standard InChI is InChI=1S/C14H19BrFNO2/c1-13(2)7-12(14(3,4)19-13)18-11-6-9(16)8(15)5-10(11)17/h5-6,12H,7,17H2,1-4H3. The van der Waals surface area contributed by atoms with Crippen LogP contribution in [0.15, 0.2) is 16.6 Å². The second kappa shape index (κ2) is 4.63. The van der Waals surface area contributed by atoms with Crippen molar-refractivity contribution in [3.05, 3.63) is 22.4 Å². The van der Waals surface area contributed by atoms with Gasteiger partial charge in [-0.2, -0.15) is 0 Å². The van der Waals surface area contributed by atoms with E-state index in [-0.39, 0.29) is 17.5 Å². The first kappa shape index (κ1) is 14.6. The normalized spacial score (nSPS) is 24.4. The molecule has 2 N–H and O–H groups in total. The minimum absolute atomic E-state index is 0.162. The van der Waals surface area contributed by atoms with Crippen molar-refractivity contribution < 1.29 is 13.9 Å². The summed E-state index contributed by atoms with van der Waals surface area (Å²) in [4.78, 5) is 0. The van der Waals surface area contributed by atoms with E-state index in [4.69, 9.17) is 15.2 Å². The third-order valence-electron chi connectivity index (χ3n) is 3.31. The summed E-state index contributed by atoms with van der Waals surface area (Å²) in [6, 6.07) is 2.82. The van der Waals surface area contributed by atoms with E-state index in [0.717, 1.165) is 6.42 Å². The summed E-state index contributed by atoms with van der Waals surface area (Å²) in [5.41, 5.74) is 5.59. The molecule has 0 amide bonds. The van der Waals surface area contributed by atoms with Crippen LogP contribution in [-0.4, -0.2) is 17.3 Å². The largest absolute Gasteiger partial charge is 0.485 e. The van der Waals surface area contributed by atoms with Gasteiger partial charge in [0.25, 0.3) is 0 Å². The van der Waals surface area contributed by atoms with E-state index < -0.39 is 5.60 Å². The van der Waals surface area contributed by atoms with Crippen LogP contribution in [0.4, 0.5) is 10.1 Å². The maximum Gasteiger partial charge on any atom is 0.145 e. The van der Waals surface area contributed by atoms with Crippen LogP contribution in [0.1, 0.15) is 34.1 Å². The molecule has 106 valence electrons. The summed E-state index contributed by atoms with van der Waals surface area (Å²) in [5.74, 6) is -0.0275. The average molecular weight is 332 g/mol. The van der Waals surface area contributed by atoms with Gasteiger partial charge in [0.15, 0.2) is 0 Å². The first-order valence-electron chi connectivity index (χ1n) is 6.22. The van der Waals surface area contributed by atoms with Gasteiger partial charge in [0.05, 0.1) is 15.8 Å². The number of nitrogens with two attached hydrogens (primary N) is 1. The molecule has 0 saturated carbocycles. The quantitative estimate of drug-likeness (QED) is 0.836. The van der Waals surface area contributed by atoms with Crippen LogP contribution in [0.5, 0.6) is 5.75 Å². The maximum absolute atomic E-state index is 13.6. The van der Waals surface area contributed by atoms with E-state index in [0.29, 0.717) is 15.9 Å². The van der Waals surface area contributed by atoms with E-state index in [9.17, 15) is 4.39 Å². The van der Waals surface area contributed by atoms with Crippen molar-refractivity contribution in [1.29, 1.82) is 0 Å². The summed E-state index contributed by atoms with van der Waals surface area (Å²) >= 11 is 3.10. The van der Waals surface area contributed by atoms with E-state index in [1.165, 1.54) is 12.1 Å². The van der Waals surface area contributed by atoms with Crippen LogP contribution in [0.25, 0.3) is 0 Å². The molecule has 1 atom stereocenters. The third kappa shape index (κ3) is 3.03. The summed E-state index contributed by atoms with van der Waals surface area (Å²) in [6.45, 7) is 7.98. The summed E-state index contributed by atoms with van der Waals surface area (Å²) in [6.07, 6.45) is 0.572. The number of anilines is 1. The number of hydrogen-bond acceptors (Lipinski definition) is 3. The Kier molecular flexibility index (Phi) is 3.56. The first-order valence-corrected chi connectivity index (χ1v) is 7.01. The average Bonchev–Trinajstić information content (AvgIpc) is 2.43. The zero-order valence-electron chi connectivity index (χ0n) is 11.6. The van der Waals surface area contributed by atoms with Crippen molar-refractivity contribution in [3.8, 4) is 5.75 Å². The number of rotatable bonds is 2. The molecule has 1 unspecified atom stereocenters. The zero-order valence-corrected chi connectivity index (χ0v) is 13.2. The van der Waals surface area contributed by atoms with E-state index >= 15 is 0 Å². The van der Waals surface area contributed by atoms with Crippen LogP contribution in [-0.2, 0) is 4.74 Å². The van der Waals surface area contributed by atoms with Crippen molar-refractivity contribution in [3.63, 3.8) is 0 Å². The molecule has 1 aromatic rings. The van der Waals surface area contributed by atoms with E-state index in [1.807, 2.05) is 27.7 Å². The van der Waals surface area contributed by atoms with Crippen LogP contribution in [0, 0.1) is 5.82 Å². The molecule has 1 aromatic carbocycles. The van der Waals surface area contributed by atoms with Crippen LogP contribution >= 0.6 is 15.9 Å². The van der Waals surface area contributed by atoms with Crippen molar-refractivity contribution in [2.24, 2.45) is 0 Å². The number of hydrogen-bond donors (Lipinski definition) is 1. The molecule has 1 heterocycles. The SMILES string of the molecule is CC1(C)CC(Oc2cc(F)c(Br)cc2N)C(C)(C)O1. The number of halogens is 2. The van der Waals surface area contributed by atoms with Gasteiger partial charge in [-0.3, -0.25) is 0 Å². The molecule has 1 aliphatic rings. The molecule has 1 saturated heterocycles. The molecule has 0 aromatic heterocycles. The van der Waals surface area contributed by atoms with Crippen LogP contribution < -0.4 is 10.5 Å². The highest BCUT2D eigenvalue weighted by Gasteiger charge is 2.47. The van der Waals surface area contributed by atoms with E-state index in [2.05, 4.69) is 15.9 Å². The summed E-state index contributed by atoms with van der Waals surface area (Å²) in [7, 11) is 0. The predicted octanol–water partition coefficient (Wildman–Crippen LogP) is 3.90. The molecule has 0 radical (unpaired) electrons. The lowest BCUT2D eigenvalue weighted by Gasteiger charge is -2.27. The molecular formula is C14H19BrFNO2. The lowest BCUT2D eigenvalue weighted by molar-refractivity contribution is -0.0845. The molecule has 3 nitrogen and oxygen atoms in total. The Balaban J connectivity index is 2.25. The van der Waals surface area contributed by atoms with Gasteiger partial charge in [-0.15, -0.1) is 0 Å². The topological polar surface area (TPSA) is 44.5 Å². The van der Waals surface area contributed by atoms with Gasteiger partial charge in [0, 0.05) is 12.5 Å². The second-order valence-corrected chi connectivity index (χ2v) is 6.93. The van der Waals surface area contributed by atoms with Crippen molar-refractivity contribution in [2.75, 3.05) is 5.73 Å². The number of ether oxygens (including phenoxy) is 2. The van der Waals surface area contributed by atoms with Gasteiger partial charge in [-0.1, -0.05) is 0 Å². The van der Waals surface area contributed by atoms with Gasteiger partial charge in [0.2, 0.25) is 0 Å². The summed E-state index contributed by atoms with van der Waals surface area (Å²) < 4.78 is 25.7. The number of nitrogen functional groups attached to an aromatic ring is 1. The fourth-order valence-corrected chi connectivity index (χ4v) is 2.86. The molecule has 19 heavy (non-hydrogen) atoms. The highest BCUT2D eigenvalue weighted by molar-refractivity contribution is 9.10. The summed E-state index contributed by atoms with van der Waals surface area (Å²) in [5, 5.41) is 0. The van der Waals surface area contributed by atoms with Gasteiger partial charge in [-0.05, 0) is 49.7 Å². The molecule has 0 spiro atoms. The molecule has 1 aliphatic heterocycles.